The summed E-state index contributed by atoms with van der Waals surface area (Å²) in [5.74, 6) is -0.165. The van der Waals surface area contributed by atoms with E-state index in [2.05, 4.69) is 0 Å². The summed E-state index contributed by atoms with van der Waals surface area (Å²) in [6.45, 7) is 3.13. The van der Waals surface area contributed by atoms with Crippen molar-refractivity contribution in [3.63, 3.8) is 0 Å². The number of fused-ring (bicyclic) bond motifs is 1. The van der Waals surface area contributed by atoms with Crippen molar-refractivity contribution < 1.29 is 13.2 Å². The van der Waals surface area contributed by atoms with E-state index in [1.807, 2.05) is 23.1 Å². The van der Waals surface area contributed by atoms with Gasteiger partial charge >= 0.3 is 0 Å². The van der Waals surface area contributed by atoms with Gasteiger partial charge in [-0.05, 0) is 50.3 Å². The number of hydrogen-bond acceptors (Lipinski definition) is 4. The second kappa shape index (κ2) is 6.72. The SMILES string of the molecule is CCS(=O)(=O)N1CCCC(C(=O)N2CCCc3c(N)cccc32)C1. The predicted octanol–water partition coefficient (Wildman–Crippen LogP) is 1.61. The highest BCUT2D eigenvalue weighted by molar-refractivity contribution is 7.89. The van der Waals surface area contributed by atoms with Gasteiger partial charge in [-0.25, -0.2) is 12.7 Å². The lowest BCUT2D eigenvalue weighted by atomic mass is 9.94. The Kier molecular flexibility index (Phi) is 4.83. The molecular formula is C17H25N3O3S. The van der Waals surface area contributed by atoms with E-state index >= 15 is 0 Å². The van der Waals surface area contributed by atoms with Crippen molar-refractivity contribution in [1.29, 1.82) is 0 Å². The average Bonchev–Trinajstić information content (AvgIpc) is 2.61. The average molecular weight is 351 g/mol. The number of hydrogen-bond donors (Lipinski definition) is 1. The highest BCUT2D eigenvalue weighted by atomic mass is 32.2. The number of sulfonamides is 1. The first-order valence-electron chi connectivity index (χ1n) is 8.60. The maximum absolute atomic E-state index is 13.1. The summed E-state index contributed by atoms with van der Waals surface area (Å²) in [4.78, 5) is 14.9. The third-order valence-corrected chi connectivity index (χ3v) is 6.89. The third kappa shape index (κ3) is 3.15. The molecule has 1 aromatic rings. The number of benzene rings is 1. The molecule has 0 aliphatic carbocycles. The first-order chi connectivity index (χ1) is 11.4. The topological polar surface area (TPSA) is 83.7 Å². The monoisotopic (exact) mass is 351 g/mol. The van der Waals surface area contributed by atoms with Crippen molar-refractivity contribution in [3.05, 3.63) is 23.8 Å². The Morgan fingerprint density at radius 1 is 1.29 bits per heavy atom. The van der Waals surface area contributed by atoms with Crippen molar-refractivity contribution >= 4 is 27.3 Å². The van der Waals surface area contributed by atoms with Gasteiger partial charge in [-0.1, -0.05) is 6.07 Å². The largest absolute Gasteiger partial charge is 0.398 e. The van der Waals surface area contributed by atoms with Crippen LogP contribution in [0.4, 0.5) is 11.4 Å². The summed E-state index contributed by atoms with van der Waals surface area (Å²) >= 11 is 0. The molecule has 1 atom stereocenters. The molecule has 2 N–H and O–H groups in total. The van der Waals surface area contributed by atoms with E-state index in [-0.39, 0.29) is 17.6 Å². The molecule has 1 unspecified atom stereocenters. The van der Waals surface area contributed by atoms with Crippen LogP contribution in [-0.4, -0.2) is 44.0 Å². The fourth-order valence-electron chi connectivity index (χ4n) is 3.68. The molecule has 2 heterocycles. The molecule has 6 nitrogen and oxygen atoms in total. The molecular weight excluding hydrogens is 326 g/mol. The molecule has 1 amide bonds. The van der Waals surface area contributed by atoms with Crippen LogP contribution in [-0.2, 0) is 21.2 Å². The summed E-state index contributed by atoms with van der Waals surface area (Å²) in [6.07, 6.45) is 3.24. The van der Waals surface area contributed by atoms with Crippen molar-refractivity contribution in [2.24, 2.45) is 5.92 Å². The molecule has 132 valence electrons. The van der Waals surface area contributed by atoms with E-state index in [4.69, 9.17) is 5.73 Å². The number of nitrogens with zero attached hydrogens (tertiary/aromatic N) is 2. The van der Waals surface area contributed by atoms with E-state index in [9.17, 15) is 13.2 Å². The summed E-state index contributed by atoms with van der Waals surface area (Å²) in [6, 6.07) is 5.67. The molecule has 1 saturated heterocycles. The maximum Gasteiger partial charge on any atom is 0.231 e. The number of amides is 1. The van der Waals surface area contributed by atoms with E-state index < -0.39 is 10.0 Å². The van der Waals surface area contributed by atoms with Gasteiger partial charge in [-0.3, -0.25) is 4.79 Å². The van der Waals surface area contributed by atoms with Crippen molar-refractivity contribution in [2.75, 3.05) is 36.0 Å². The van der Waals surface area contributed by atoms with E-state index in [1.165, 1.54) is 4.31 Å². The van der Waals surface area contributed by atoms with Crippen LogP contribution in [0.2, 0.25) is 0 Å². The van der Waals surface area contributed by atoms with Gasteiger partial charge < -0.3 is 10.6 Å². The quantitative estimate of drug-likeness (QED) is 0.839. The minimum absolute atomic E-state index is 0.0255. The summed E-state index contributed by atoms with van der Waals surface area (Å²) in [7, 11) is -3.24. The molecule has 1 aromatic carbocycles. The van der Waals surface area contributed by atoms with Crippen molar-refractivity contribution in [3.8, 4) is 0 Å². The highest BCUT2D eigenvalue weighted by Crippen LogP contribution is 2.33. The van der Waals surface area contributed by atoms with E-state index in [0.717, 1.165) is 42.6 Å². The number of carbonyl (C=O) groups is 1. The fraction of sp³-hybridized carbons (Fsp3) is 0.588. The second-order valence-corrected chi connectivity index (χ2v) is 8.79. The highest BCUT2D eigenvalue weighted by Gasteiger charge is 2.35. The van der Waals surface area contributed by atoms with E-state index in [1.54, 1.807) is 6.92 Å². The number of carbonyl (C=O) groups excluding carboxylic acids is 1. The van der Waals surface area contributed by atoms with Crippen LogP contribution in [0, 0.1) is 5.92 Å². The first-order valence-corrected chi connectivity index (χ1v) is 10.2. The molecule has 0 aromatic heterocycles. The molecule has 2 aliphatic rings. The zero-order valence-corrected chi connectivity index (χ0v) is 14.9. The lowest BCUT2D eigenvalue weighted by molar-refractivity contribution is -0.123. The van der Waals surface area contributed by atoms with Crippen LogP contribution in [0.15, 0.2) is 18.2 Å². The number of anilines is 2. The standard InChI is InChI=1S/C17H25N3O3S/c1-2-24(22,23)19-10-4-6-13(12-19)17(21)20-11-5-7-14-15(18)8-3-9-16(14)20/h3,8-9,13H,2,4-7,10-12,18H2,1H3. The Bertz CT molecular complexity index is 733. The molecule has 24 heavy (non-hydrogen) atoms. The smallest absolute Gasteiger partial charge is 0.231 e. The van der Waals surface area contributed by atoms with Crippen LogP contribution >= 0.6 is 0 Å². The molecule has 7 heteroatoms. The molecule has 2 aliphatic heterocycles. The van der Waals surface area contributed by atoms with Gasteiger partial charge in [-0.15, -0.1) is 0 Å². The minimum atomic E-state index is -3.24. The van der Waals surface area contributed by atoms with Gasteiger partial charge in [-0.2, -0.15) is 0 Å². The minimum Gasteiger partial charge on any atom is -0.398 e. The second-order valence-electron chi connectivity index (χ2n) is 6.54. The maximum atomic E-state index is 13.1. The molecule has 0 spiro atoms. The fourth-order valence-corrected chi connectivity index (χ4v) is 4.86. The summed E-state index contributed by atoms with van der Waals surface area (Å²) in [5, 5.41) is 0. The van der Waals surface area contributed by atoms with Gasteiger partial charge in [0.15, 0.2) is 0 Å². The Balaban J connectivity index is 1.82. The third-order valence-electron chi connectivity index (χ3n) is 5.04. The molecule has 0 radical (unpaired) electrons. The lowest BCUT2D eigenvalue weighted by Gasteiger charge is -2.36. The summed E-state index contributed by atoms with van der Waals surface area (Å²) in [5.41, 5.74) is 8.70. The van der Waals surface area contributed by atoms with Gasteiger partial charge in [0.05, 0.1) is 11.7 Å². The van der Waals surface area contributed by atoms with Gasteiger partial charge in [0.1, 0.15) is 0 Å². The normalized spacial score (nSPS) is 22.2. The lowest BCUT2D eigenvalue weighted by Crippen LogP contribution is -2.48. The number of rotatable bonds is 3. The Labute approximate surface area is 143 Å². The van der Waals surface area contributed by atoms with E-state index in [0.29, 0.717) is 19.6 Å². The van der Waals surface area contributed by atoms with Gasteiger partial charge in [0.2, 0.25) is 15.9 Å². The zero-order valence-electron chi connectivity index (χ0n) is 14.1. The number of piperidine rings is 1. The van der Waals surface area contributed by atoms with Gasteiger partial charge in [0.25, 0.3) is 0 Å². The number of nitrogens with two attached hydrogens (primary N) is 1. The van der Waals surface area contributed by atoms with Crippen LogP contribution in [0.3, 0.4) is 0 Å². The molecule has 0 saturated carbocycles. The Hall–Kier alpha value is -1.60. The zero-order chi connectivity index (χ0) is 17.3. The molecule has 1 fully saturated rings. The van der Waals surface area contributed by atoms with Gasteiger partial charge in [0, 0.05) is 31.0 Å². The first kappa shape index (κ1) is 17.2. The molecule has 3 rings (SSSR count). The molecule has 0 bridgehead atoms. The summed E-state index contributed by atoms with van der Waals surface area (Å²) < 4.78 is 25.7. The van der Waals surface area contributed by atoms with Crippen LogP contribution in [0.25, 0.3) is 0 Å². The van der Waals surface area contributed by atoms with Crippen molar-refractivity contribution in [2.45, 2.75) is 32.6 Å². The number of nitrogen functional groups attached to an aromatic ring is 1. The van der Waals surface area contributed by atoms with Crippen LogP contribution in [0.1, 0.15) is 31.7 Å². The van der Waals surface area contributed by atoms with Crippen LogP contribution < -0.4 is 10.6 Å². The Morgan fingerprint density at radius 3 is 2.83 bits per heavy atom. The predicted molar refractivity (Wildman–Crippen MR) is 95.3 cm³/mol. The van der Waals surface area contributed by atoms with Crippen LogP contribution in [0.5, 0.6) is 0 Å². The van der Waals surface area contributed by atoms with Crippen molar-refractivity contribution in [1.82, 2.24) is 4.31 Å². The Morgan fingerprint density at radius 2 is 2.08 bits per heavy atom.